The molecule has 3 nitrogen and oxygen atoms in total. The van der Waals surface area contributed by atoms with Crippen molar-refractivity contribution in [2.75, 3.05) is 25.1 Å². The lowest BCUT2D eigenvalue weighted by molar-refractivity contribution is -0.0924. The van der Waals surface area contributed by atoms with Crippen LogP contribution in [0.1, 0.15) is 6.92 Å². The fourth-order valence-corrected chi connectivity index (χ4v) is 1.74. The molecule has 0 saturated carbocycles. The first kappa shape index (κ1) is 9.93. The molecule has 0 unspecified atom stereocenters. The SMILES string of the molecule is CC1(CNc2cncc(Br)c2)COC1. The molecule has 1 aliphatic rings. The maximum absolute atomic E-state index is 5.19. The average molecular weight is 257 g/mol. The van der Waals surface area contributed by atoms with Gasteiger partial charge in [0.2, 0.25) is 0 Å². The van der Waals surface area contributed by atoms with Crippen LogP contribution in [0, 0.1) is 5.41 Å². The van der Waals surface area contributed by atoms with Gasteiger partial charge in [-0.05, 0) is 22.0 Å². The fraction of sp³-hybridized carbons (Fsp3) is 0.500. The van der Waals surface area contributed by atoms with Gasteiger partial charge in [0, 0.05) is 22.6 Å². The topological polar surface area (TPSA) is 34.2 Å². The van der Waals surface area contributed by atoms with Gasteiger partial charge in [-0.25, -0.2) is 0 Å². The predicted molar refractivity (Wildman–Crippen MR) is 59.4 cm³/mol. The zero-order valence-corrected chi connectivity index (χ0v) is 9.67. The Hall–Kier alpha value is -0.610. The van der Waals surface area contributed by atoms with Gasteiger partial charge >= 0.3 is 0 Å². The molecular weight excluding hydrogens is 244 g/mol. The quantitative estimate of drug-likeness (QED) is 0.902. The number of ether oxygens (including phenoxy) is 1. The summed E-state index contributed by atoms with van der Waals surface area (Å²) in [5.74, 6) is 0. The Morgan fingerprint density at radius 1 is 1.57 bits per heavy atom. The van der Waals surface area contributed by atoms with Gasteiger partial charge in [-0.3, -0.25) is 4.98 Å². The van der Waals surface area contributed by atoms with Crippen LogP contribution < -0.4 is 5.32 Å². The number of rotatable bonds is 3. The summed E-state index contributed by atoms with van der Waals surface area (Å²) in [7, 11) is 0. The molecule has 1 fully saturated rings. The summed E-state index contributed by atoms with van der Waals surface area (Å²) in [5, 5.41) is 3.36. The summed E-state index contributed by atoms with van der Waals surface area (Å²) >= 11 is 3.39. The van der Waals surface area contributed by atoms with Crippen molar-refractivity contribution >= 4 is 21.6 Å². The molecule has 1 N–H and O–H groups in total. The largest absolute Gasteiger partial charge is 0.383 e. The lowest BCUT2D eigenvalue weighted by Gasteiger charge is -2.38. The number of hydrogen-bond acceptors (Lipinski definition) is 3. The minimum absolute atomic E-state index is 0.294. The molecule has 1 aromatic heterocycles. The van der Waals surface area contributed by atoms with E-state index in [9.17, 15) is 0 Å². The molecule has 2 heterocycles. The Labute approximate surface area is 92.0 Å². The first-order valence-corrected chi connectivity index (χ1v) is 5.39. The van der Waals surface area contributed by atoms with Crippen molar-refractivity contribution in [3.63, 3.8) is 0 Å². The van der Waals surface area contributed by atoms with E-state index >= 15 is 0 Å². The smallest absolute Gasteiger partial charge is 0.0559 e. The minimum atomic E-state index is 0.294. The number of nitrogens with one attached hydrogen (secondary N) is 1. The molecule has 76 valence electrons. The highest BCUT2D eigenvalue weighted by Gasteiger charge is 2.32. The zero-order valence-electron chi connectivity index (χ0n) is 8.09. The average Bonchev–Trinajstić information content (AvgIpc) is 2.12. The molecular formula is C10H13BrN2O. The maximum Gasteiger partial charge on any atom is 0.0559 e. The monoisotopic (exact) mass is 256 g/mol. The van der Waals surface area contributed by atoms with Crippen molar-refractivity contribution in [2.45, 2.75) is 6.92 Å². The Morgan fingerprint density at radius 3 is 2.93 bits per heavy atom. The van der Waals surface area contributed by atoms with Gasteiger partial charge in [0.15, 0.2) is 0 Å². The van der Waals surface area contributed by atoms with Crippen molar-refractivity contribution in [1.29, 1.82) is 0 Å². The number of nitrogens with zero attached hydrogens (tertiary/aromatic N) is 1. The van der Waals surface area contributed by atoms with Crippen LogP contribution in [-0.2, 0) is 4.74 Å². The molecule has 0 amide bonds. The van der Waals surface area contributed by atoms with Crippen LogP contribution in [0.25, 0.3) is 0 Å². The van der Waals surface area contributed by atoms with Crippen molar-refractivity contribution in [3.05, 3.63) is 22.9 Å². The van der Waals surface area contributed by atoms with E-state index < -0.39 is 0 Å². The molecule has 1 aliphatic heterocycles. The van der Waals surface area contributed by atoms with Gasteiger partial charge in [-0.2, -0.15) is 0 Å². The minimum Gasteiger partial charge on any atom is -0.383 e. The number of halogens is 1. The van der Waals surface area contributed by atoms with Gasteiger partial charge < -0.3 is 10.1 Å². The van der Waals surface area contributed by atoms with E-state index in [2.05, 4.69) is 33.2 Å². The van der Waals surface area contributed by atoms with E-state index in [4.69, 9.17) is 4.74 Å². The lowest BCUT2D eigenvalue weighted by atomic mass is 9.89. The van der Waals surface area contributed by atoms with Crippen LogP contribution in [0.5, 0.6) is 0 Å². The van der Waals surface area contributed by atoms with E-state index in [-0.39, 0.29) is 0 Å². The predicted octanol–water partition coefficient (Wildman–Crippen LogP) is 2.29. The Balaban J connectivity index is 1.91. The van der Waals surface area contributed by atoms with Crippen molar-refractivity contribution in [1.82, 2.24) is 4.98 Å². The van der Waals surface area contributed by atoms with Crippen LogP contribution in [0.4, 0.5) is 5.69 Å². The van der Waals surface area contributed by atoms with Gasteiger partial charge in [0.1, 0.15) is 0 Å². The first-order chi connectivity index (χ1) is 6.68. The highest BCUT2D eigenvalue weighted by Crippen LogP contribution is 2.26. The van der Waals surface area contributed by atoms with Crippen molar-refractivity contribution in [2.24, 2.45) is 5.41 Å². The number of aromatic nitrogens is 1. The normalized spacial score (nSPS) is 18.7. The van der Waals surface area contributed by atoms with E-state index in [1.807, 2.05) is 12.3 Å². The molecule has 1 aromatic rings. The van der Waals surface area contributed by atoms with Crippen LogP contribution in [0.15, 0.2) is 22.9 Å². The molecule has 4 heteroatoms. The Kier molecular flexibility index (Phi) is 2.74. The van der Waals surface area contributed by atoms with Gasteiger partial charge in [0.25, 0.3) is 0 Å². The van der Waals surface area contributed by atoms with E-state index in [1.165, 1.54) is 0 Å². The molecule has 1 saturated heterocycles. The second-order valence-electron chi connectivity index (χ2n) is 4.05. The third kappa shape index (κ3) is 2.25. The first-order valence-electron chi connectivity index (χ1n) is 4.60. The number of hydrogen-bond donors (Lipinski definition) is 1. The highest BCUT2D eigenvalue weighted by atomic mass is 79.9. The molecule has 2 rings (SSSR count). The standard InChI is InChI=1S/C10H13BrN2O/c1-10(6-14-7-10)5-13-9-2-8(11)3-12-4-9/h2-4,13H,5-7H2,1H3. The summed E-state index contributed by atoms with van der Waals surface area (Å²) in [5.41, 5.74) is 1.34. The lowest BCUT2D eigenvalue weighted by Crippen LogP contribution is -2.45. The number of pyridine rings is 1. The van der Waals surface area contributed by atoms with Gasteiger partial charge in [-0.1, -0.05) is 6.92 Å². The molecule has 0 atom stereocenters. The number of anilines is 1. The fourth-order valence-electron chi connectivity index (χ4n) is 1.38. The van der Waals surface area contributed by atoms with E-state index in [0.29, 0.717) is 5.41 Å². The van der Waals surface area contributed by atoms with E-state index in [0.717, 1.165) is 29.9 Å². The summed E-state index contributed by atoms with van der Waals surface area (Å²) in [6.45, 7) is 4.85. The third-order valence-electron chi connectivity index (χ3n) is 2.33. The summed E-state index contributed by atoms with van der Waals surface area (Å²) in [6.07, 6.45) is 3.60. The molecule has 0 bridgehead atoms. The van der Waals surface area contributed by atoms with E-state index in [1.54, 1.807) is 6.20 Å². The van der Waals surface area contributed by atoms with Gasteiger partial charge in [-0.15, -0.1) is 0 Å². The molecule has 0 radical (unpaired) electrons. The third-order valence-corrected chi connectivity index (χ3v) is 2.76. The summed E-state index contributed by atoms with van der Waals surface area (Å²) in [4.78, 5) is 4.09. The highest BCUT2D eigenvalue weighted by molar-refractivity contribution is 9.10. The molecule has 0 aliphatic carbocycles. The van der Waals surface area contributed by atoms with Crippen LogP contribution in [-0.4, -0.2) is 24.7 Å². The van der Waals surface area contributed by atoms with Gasteiger partial charge in [0.05, 0.1) is 25.1 Å². The molecule has 14 heavy (non-hydrogen) atoms. The van der Waals surface area contributed by atoms with Crippen LogP contribution >= 0.6 is 15.9 Å². The summed E-state index contributed by atoms with van der Waals surface area (Å²) in [6, 6.07) is 2.02. The van der Waals surface area contributed by atoms with Crippen molar-refractivity contribution in [3.8, 4) is 0 Å². The van der Waals surface area contributed by atoms with Crippen molar-refractivity contribution < 1.29 is 4.74 Å². The second-order valence-corrected chi connectivity index (χ2v) is 4.96. The Morgan fingerprint density at radius 2 is 2.36 bits per heavy atom. The maximum atomic E-state index is 5.19. The summed E-state index contributed by atoms with van der Waals surface area (Å²) < 4.78 is 6.18. The van der Waals surface area contributed by atoms with Crippen LogP contribution in [0.3, 0.4) is 0 Å². The second kappa shape index (κ2) is 3.87. The molecule has 0 spiro atoms. The zero-order chi connectivity index (χ0) is 10.0. The molecule has 0 aromatic carbocycles. The van der Waals surface area contributed by atoms with Crippen LogP contribution in [0.2, 0.25) is 0 Å². The Bertz CT molecular complexity index is 326.